The molecule has 2 aromatic rings. The van der Waals surface area contributed by atoms with Crippen molar-refractivity contribution in [2.24, 2.45) is 10.9 Å². The predicted octanol–water partition coefficient (Wildman–Crippen LogP) is 7.14. The van der Waals surface area contributed by atoms with E-state index in [1.165, 1.54) is 50.6 Å². The number of allylic oxidation sites excluding steroid dienone is 3. The van der Waals surface area contributed by atoms with Crippen molar-refractivity contribution in [3.63, 3.8) is 0 Å². The van der Waals surface area contributed by atoms with Crippen molar-refractivity contribution in [3.05, 3.63) is 99.5 Å². The molecule has 2 aromatic carbocycles. The number of aryl methyl sites for hydroxylation is 1. The van der Waals surface area contributed by atoms with Gasteiger partial charge in [-0.3, -0.25) is 0 Å². The maximum Gasteiger partial charge on any atom is 0.136 e. The van der Waals surface area contributed by atoms with E-state index in [-0.39, 0.29) is 0 Å². The zero-order valence-corrected chi connectivity index (χ0v) is 23.7. The first-order valence-electron chi connectivity index (χ1n) is 13.8. The maximum absolute atomic E-state index is 5.47. The summed E-state index contributed by atoms with van der Waals surface area (Å²) in [5.74, 6) is 2.97. The Morgan fingerprint density at radius 3 is 2.43 bits per heavy atom. The van der Waals surface area contributed by atoms with Gasteiger partial charge in [-0.1, -0.05) is 56.3 Å². The topological polar surface area (TPSA) is 22.1 Å². The van der Waals surface area contributed by atoms with Crippen molar-refractivity contribution in [3.8, 4) is 0 Å². The van der Waals surface area contributed by atoms with Crippen molar-refractivity contribution in [2.45, 2.75) is 67.0 Å². The van der Waals surface area contributed by atoms with Gasteiger partial charge in [-0.05, 0) is 86.4 Å². The van der Waals surface area contributed by atoms with Crippen LogP contribution in [0.5, 0.6) is 0 Å². The molecule has 0 aliphatic carbocycles. The second-order valence-electron chi connectivity index (χ2n) is 11.5. The van der Waals surface area contributed by atoms with Crippen molar-refractivity contribution >= 4 is 11.5 Å². The van der Waals surface area contributed by atoms with Crippen LogP contribution in [0.25, 0.3) is 0 Å². The van der Waals surface area contributed by atoms with Crippen LogP contribution in [-0.2, 0) is 13.0 Å². The van der Waals surface area contributed by atoms with Crippen LogP contribution >= 0.6 is 0 Å². The second kappa shape index (κ2) is 10.2. The molecule has 0 N–H and O–H groups in total. The predicted molar refractivity (Wildman–Crippen MR) is 157 cm³/mol. The highest BCUT2D eigenvalue weighted by Crippen LogP contribution is 2.40. The molecule has 4 heteroatoms. The van der Waals surface area contributed by atoms with Crippen LogP contribution in [0.15, 0.2) is 87.8 Å². The first-order chi connectivity index (χ1) is 17.7. The summed E-state index contributed by atoms with van der Waals surface area (Å²) in [6.07, 6.45) is 4.48. The summed E-state index contributed by atoms with van der Waals surface area (Å²) in [5.41, 5.74) is 10.8. The minimum atomic E-state index is 0.333. The second-order valence-corrected chi connectivity index (χ2v) is 11.5. The fourth-order valence-electron chi connectivity index (χ4n) is 5.96. The molecule has 0 bridgehead atoms. The van der Waals surface area contributed by atoms with Crippen LogP contribution in [0.2, 0.25) is 0 Å². The first kappa shape index (κ1) is 25.4. The number of benzene rings is 2. The zero-order valence-electron chi connectivity index (χ0n) is 23.7. The molecule has 5 rings (SSSR count). The van der Waals surface area contributed by atoms with Gasteiger partial charge in [-0.15, -0.1) is 0 Å². The lowest BCUT2D eigenvalue weighted by Gasteiger charge is -2.47. The van der Waals surface area contributed by atoms with Gasteiger partial charge in [0.25, 0.3) is 0 Å². The van der Waals surface area contributed by atoms with E-state index in [1.807, 2.05) is 0 Å². The largest absolute Gasteiger partial charge is 0.359 e. The maximum atomic E-state index is 5.47. The van der Waals surface area contributed by atoms with Gasteiger partial charge in [0.05, 0.1) is 18.3 Å². The van der Waals surface area contributed by atoms with Gasteiger partial charge in [0.1, 0.15) is 11.7 Å². The van der Waals surface area contributed by atoms with E-state index in [0.717, 1.165) is 38.3 Å². The van der Waals surface area contributed by atoms with Crippen LogP contribution in [-0.4, -0.2) is 41.8 Å². The summed E-state index contributed by atoms with van der Waals surface area (Å²) in [7, 11) is 2.20. The molecule has 4 nitrogen and oxygen atoms in total. The smallest absolute Gasteiger partial charge is 0.136 e. The molecule has 0 radical (unpaired) electrons. The Morgan fingerprint density at radius 1 is 0.973 bits per heavy atom. The highest BCUT2D eigenvalue weighted by atomic mass is 15.4. The van der Waals surface area contributed by atoms with Crippen molar-refractivity contribution in [1.82, 2.24) is 9.80 Å². The third-order valence-electron chi connectivity index (χ3n) is 8.27. The molecule has 0 fully saturated rings. The highest BCUT2D eigenvalue weighted by molar-refractivity contribution is 6.00. The van der Waals surface area contributed by atoms with Crippen molar-refractivity contribution < 1.29 is 0 Å². The number of nitrogens with zero attached hydrogens (tertiary/aromatic N) is 4. The van der Waals surface area contributed by atoms with E-state index < -0.39 is 0 Å². The van der Waals surface area contributed by atoms with Gasteiger partial charge in [0.2, 0.25) is 0 Å². The van der Waals surface area contributed by atoms with Gasteiger partial charge in [-0.25, -0.2) is 4.99 Å². The molecule has 1 unspecified atom stereocenters. The Morgan fingerprint density at radius 2 is 1.68 bits per heavy atom. The quantitative estimate of drug-likeness (QED) is 0.451. The molecule has 0 saturated carbocycles. The fourth-order valence-corrected chi connectivity index (χ4v) is 5.96. The van der Waals surface area contributed by atoms with Gasteiger partial charge < -0.3 is 14.7 Å². The molecule has 1 atom stereocenters. The zero-order chi connectivity index (χ0) is 26.3. The SMILES string of the molecule is CC1=C(C)C(C)N2C(=C1)N(CC1=C(C)CCc3ccccc3C(N(C)CC(C)C)=N1)Cc1ccccc12. The van der Waals surface area contributed by atoms with Crippen molar-refractivity contribution in [2.75, 3.05) is 25.0 Å². The third kappa shape index (κ3) is 4.86. The van der Waals surface area contributed by atoms with E-state index in [4.69, 9.17) is 4.99 Å². The summed E-state index contributed by atoms with van der Waals surface area (Å²) in [6, 6.07) is 18.1. The summed E-state index contributed by atoms with van der Waals surface area (Å²) in [5, 5.41) is 0. The molecule has 0 saturated heterocycles. The number of rotatable bonds is 4. The average Bonchev–Trinajstić information content (AvgIpc) is 2.87. The van der Waals surface area contributed by atoms with Crippen LogP contribution in [0, 0.1) is 5.92 Å². The standard InChI is InChI=1S/C33H42N4/c1-22(2)19-35(7)33-29-14-10-8-12-27(29)17-16-23(3)30(34-33)21-36-20-28-13-9-11-15-31(28)37-26(6)25(5)24(4)18-32(36)37/h8-15,18,22,26H,16-17,19-21H2,1-7H3. The Labute approximate surface area is 223 Å². The molecular formula is C33H42N4. The van der Waals surface area contributed by atoms with E-state index in [9.17, 15) is 0 Å². The Hall–Kier alpha value is -3.27. The summed E-state index contributed by atoms with van der Waals surface area (Å²) < 4.78 is 0. The average molecular weight is 495 g/mol. The first-order valence-corrected chi connectivity index (χ1v) is 13.8. The number of hydrogen-bond acceptors (Lipinski definition) is 4. The fraction of sp³-hybridized carbons (Fsp3) is 0.424. The monoisotopic (exact) mass is 494 g/mol. The van der Waals surface area contributed by atoms with Gasteiger partial charge in [0, 0.05) is 31.4 Å². The highest BCUT2D eigenvalue weighted by Gasteiger charge is 2.34. The molecule has 3 heterocycles. The van der Waals surface area contributed by atoms with Crippen molar-refractivity contribution in [1.29, 1.82) is 0 Å². The third-order valence-corrected chi connectivity index (χ3v) is 8.27. The summed E-state index contributed by atoms with van der Waals surface area (Å²) in [4.78, 5) is 12.9. The van der Waals surface area contributed by atoms with E-state index in [0.29, 0.717) is 12.0 Å². The molecule has 0 spiro atoms. The molecular weight excluding hydrogens is 452 g/mol. The minimum Gasteiger partial charge on any atom is -0.359 e. The van der Waals surface area contributed by atoms with E-state index in [2.05, 4.69) is 118 Å². The Kier molecular flexibility index (Phi) is 7.02. The van der Waals surface area contributed by atoms with Crippen LogP contribution in [0.3, 0.4) is 0 Å². The summed E-state index contributed by atoms with van der Waals surface area (Å²) in [6.45, 7) is 16.4. The lowest BCUT2D eigenvalue weighted by Crippen LogP contribution is -2.47. The molecule has 37 heavy (non-hydrogen) atoms. The van der Waals surface area contributed by atoms with Crippen LogP contribution in [0.4, 0.5) is 5.69 Å². The number of anilines is 1. The Balaban J connectivity index is 1.58. The summed E-state index contributed by atoms with van der Waals surface area (Å²) >= 11 is 0. The molecule has 3 aliphatic heterocycles. The normalized spacial score (nSPS) is 19.6. The lowest BCUT2D eigenvalue weighted by molar-refractivity contribution is 0.329. The number of hydrogen-bond donors (Lipinski definition) is 0. The number of amidine groups is 1. The molecule has 0 aromatic heterocycles. The molecule has 3 aliphatic rings. The van der Waals surface area contributed by atoms with Crippen LogP contribution in [0.1, 0.15) is 64.7 Å². The minimum absolute atomic E-state index is 0.333. The van der Waals surface area contributed by atoms with E-state index in [1.54, 1.807) is 0 Å². The molecule has 0 amide bonds. The molecule has 194 valence electrons. The van der Waals surface area contributed by atoms with Gasteiger partial charge in [0.15, 0.2) is 0 Å². The number of aliphatic imine (C=N–C) groups is 1. The van der Waals surface area contributed by atoms with Gasteiger partial charge >= 0.3 is 0 Å². The Bertz CT molecular complexity index is 1310. The lowest BCUT2D eigenvalue weighted by atomic mass is 9.94. The van der Waals surface area contributed by atoms with Gasteiger partial charge in [-0.2, -0.15) is 0 Å². The van der Waals surface area contributed by atoms with Crippen LogP contribution < -0.4 is 4.90 Å². The number of fused-ring (bicyclic) bond motifs is 4. The van der Waals surface area contributed by atoms with E-state index >= 15 is 0 Å². The number of para-hydroxylation sites is 1.